The van der Waals surface area contributed by atoms with Crippen molar-refractivity contribution in [3.63, 3.8) is 0 Å². The number of aliphatic hydroxyl groups excluding tert-OH is 1. The first-order valence-corrected chi connectivity index (χ1v) is 17.0. The lowest BCUT2D eigenvalue weighted by molar-refractivity contribution is -0.241. The quantitative estimate of drug-likeness (QED) is 0.365. The van der Waals surface area contributed by atoms with Gasteiger partial charge < -0.3 is 24.7 Å². The zero-order chi connectivity index (χ0) is 30.6. The van der Waals surface area contributed by atoms with Crippen molar-refractivity contribution < 1.29 is 24.5 Å². The Morgan fingerprint density at radius 3 is 2.42 bits per heavy atom. The first-order valence-electron chi connectivity index (χ1n) is 17.0. The lowest BCUT2D eigenvalue weighted by Gasteiger charge is -2.63. The number of benzene rings is 1. The summed E-state index contributed by atoms with van der Waals surface area (Å²) in [4.78, 5) is 18.1. The Kier molecular flexibility index (Phi) is 5.71. The van der Waals surface area contributed by atoms with E-state index in [9.17, 15) is 15.0 Å². The first kappa shape index (κ1) is 28.7. The van der Waals surface area contributed by atoms with Gasteiger partial charge in [0, 0.05) is 45.8 Å². The number of aliphatic hydroxyl groups is 2. The smallest absolute Gasteiger partial charge is 0.169 e. The molecule has 1 aromatic heterocycles. The number of aromatic amines is 1. The SMILES string of the molecule is CC(C)(O)C1C[C@@H](O)[C@@H]2C(CC[C@@]3(C)[C@H]2CCC2Cc4c([nH]c5ccc6c(c45)CC4C(C6=O)C(C)(C)OC4(C)C)[C@@]23C)O1. The summed E-state index contributed by atoms with van der Waals surface area (Å²) >= 11 is 0. The van der Waals surface area contributed by atoms with Crippen LogP contribution in [0.2, 0.25) is 0 Å². The van der Waals surface area contributed by atoms with E-state index in [0.29, 0.717) is 18.3 Å². The van der Waals surface area contributed by atoms with Crippen LogP contribution in [0, 0.1) is 35.0 Å². The number of hydrogen-bond donors (Lipinski definition) is 3. The van der Waals surface area contributed by atoms with Crippen molar-refractivity contribution in [2.24, 2.45) is 35.0 Å². The molecule has 0 amide bonds. The number of fused-ring (bicyclic) bond motifs is 12. The topological polar surface area (TPSA) is 91.8 Å². The molecule has 0 bridgehead atoms. The molecular formula is C37H51NO5. The number of carbonyl (C=O) groups is 1. The number of ether oxygens (including phenoxy) is 2. The summed E-state index contributed by atoms with van der Waals surface area (Å²) in [6, 6.07) is 4.24. The van der Waals surface area contributed by atoms with Gasteiger partial charge in [0.05, 0.1) is 41.0 Å². The Balaban J connectivity index is 1.21. The van der Waals surface area contributed by atoms with Gasteiger partial charge in [0.25, 0.3) is 0 Å². The Labute approximate surface area is 256 Å². The van der Waals surface area contributed by atoms with Crippen LogP contribution in [0.5, 0.6) is 0 Å². The Hall–Kier alpha value is -1.73. The lowest BCUT2D eigenvalue weighted by Crippen LogP contribution is -2.64. The normalized spacial score (nSPS) is 44.3. The third-order valence-electron chi connectivity index (χ3n) is 14.2. The van der Waals surface area contributed by atoms with Gasteiger partial charge in [-0.1, -0.05) is 13.8 Å². The van der Waals surface area contributed by atoms with E-state index in [-0.39, 0.29) is 52.2 Å². The molecule has 5 unspecified atom stereocenters. The molecule has 3 N–H and O–H groups in total. The van der Waals surface area contributed by atoms with Crippen molar-refractivity contribution in [1.82, 2.24) is 4.98 Å². The molecule has 2 aliphatic heterocycles. The summed E-state index contributed by atoms with van der Waals surface area (Å²) in [6.45, 7) is 17.1. The number of ketones is 1. The standard InChI is InChI=1S/C37H51NO5/c1-33(2,41)27-17-25(39)29-22-11-9-18-15-21-28-20-16-23-30(35(5,6)43-34(23,3)4)31(40)19(20)10-12-24(28)38-32(21)37(18,8)36(22,7)14-13-26(29)42-27/h10,12,18,22-23,25-27,29-30,38-39,41H,9,11,13-17H2,1-8H3/t18?,22-,23?,25+,26?,27?,29+,30?,36-,37+/m0/s1. The minimum absolute atomic E-state index is 0.00537. The number of aromatic nitrogens is 1. The van der Waals surface area contributed by atoms with Crippen LogP contribution in [-0.4, -0.2) is 56.1 Å². The van der Waals surface area contributed by atoms with Crippen molar-refractivity contribution in [3.05, 3.63) is 34.5 Å². The zero-order valence-electron chi connectivity index (χ0n) is 27.3. The van der Waals surface area contributed by atoms with E-state index < -0.39 is 17.3 Å². The molecule has 2 saturated carbocycles. The molecule has 6 heteroatoms. The van der Waals surface area contributed by atoms with Crippen LogP contribution in [0.3, 0.4) is 0 Å². The molecule has 3 heterocycles. The summed E-state index contributed by atoms with van der Waals surface area (Å²) in [5.74, 6) is 1.29. The highest BCUT2D eigenvalue weighted by Gasteiger charge is 2.66. The predicted octanol–water partition coefficient (Wildman–Crippen LogP) is 6.27. The van der Waals surface area contributed by atoms with Gasteiger partial charge in [-0.05, 0) is 121 Å². The molecule has 8 rings (SSSR count). The van der Waals surface area contributed by atoms with Crippen LogP contribution >= 0.6 is 0 Å². The van der Waals surface area contributed by atoms with Crippen LogP contribution in [0.1, 0.15) is 115 Å². The fraction of sp³-hybridized carbons (Fsp3) is 0.757. The van der Waals surface area contributed by atoms with Crippen molar-refractivity contribution in [3.8, 4) is 0 Å². The van der Waals surface area contributed by atoms with Gasteiger partial charge in [0.2, 0.25) is 0 Å². The maximum absolute atomic E-state index is 14.1. The summed E-state index contributed by atoms with van der Waals surface area (Å²) in [5, 5.41) is 23.6. The number of hydrogen-bond acceptors (Lipinski definition) is 5. The third kappa shape index (κ3) is 3.53. The van der Waals surface area contributed by atoms with Crippen molar-refractivity contribution in [1.29, 1.82) is 0 Å². The van der Waals surface area contributed by atoms with E-state index in [1.165, 1.54) is 27.7 Å². The van der Waals surface area contributed by atoms with E-state index in [1.54, 1.807) is 13.8 Å². The monoisotopic (exact) mass is 589 g/mol. The molecular weight excluding hydrogens is 538 g/mol. The molecule has 6 aliphatic rings. The number of rotatable bonds is 1. The Morgan fingerprint density at radius 2 is 1.70 bits per heavy atom. The minimum Gasteiger partial charge on any atom is -0.393 e. The number of carbonyl (C=O) groups excluding carboxylic acids is 1. The van der Waals surface area contributed by atoms with Gasteiger partial charge in [0.1, 0.15) is 0 Å². The molecule has 0 radical (unpaired) electrons. The van der Waals surface area contributed by atoms with Gasteiger partial charge in [-0.15, -0.1) is 0 Å². The highest BCUT2D eigenvalue weighted by Crippen LogP contribution is 2.69. The Morgan fingerprint density at radius 1 is 0.953 bits per heavy atom. The van der Waals surface area contributed by atoms with Crippen molar-refractivity contribution in [2.45, 2.75) is 141 Å². The minimum atomic E-state index is -0.961. The second-order valence-corrected chi connectivity index (χ2v) is 17.4. The van der Waals surface area contributed by atoms with Crippen LogP contribution in [0.4, 0.5) is 0 Å². The average Bonchev–Trinajstić information content (AvgIpc) is 3.47. The third-order valence-corrected chi connectivity index (χ3v) is 14.2. The van der Waals surface area contributed by atoms with E-state index in [0.717, 1.165) is 44.1 Å². The van der Waals surface area contributed by atoms with E-state index in [2.05, 4.69) is 58.7 Å². The molecule has 0 spiro atoms. The molecule has 2 saturated heterocycles. The van der Waals surface area contributed by atoms with Crippen LogP contribution < -0.4 is 0 Å². The van der Waals surface area contributed by atoms with Gasteiger partial charge in [-0.25, -0.2) is 0 Å². The molecule has 6 nitrogen and oxygen atoms in total. The molecule has 1 aromatic carbocycles. The van der Waals surface area contributed by atoms with Crippen LogP contribution in [-0.2, 0) is 27.7 Å². The molecule has 4 aliphatic carbocycles. The van der Waals surface area contributed by atoms with Gasteiger partial charge in [-0.3, -0.25) is 4.79 Å². The summed E-state index contributed by atoms with van der Waals surface area (Å²) in [7, 11) is 0. The largest absolute Gasteiger partial charge is 0.393 e. The molecule has 2 aromatic rings. The fourth-order valence-electron chi connectivity index (χ4n) is 12.1. The maximum Gasteiger partial charge on any atom is 0.169 e. The van der Waals surface area contributed by atoms with E-state index in [1.807, 2.05) is 0 Å². The number of nitrogens with one attached hydrogen (secondary N) is 1. The van der Waals surface area contributed by atoms with Crippen molar-refractivity contribution >= 4 is 16.7 Å². The highest BCUT2D eigenvalue weighted by molar-refractivity contribution is 6.06. The van der Waals surface area contributed by atoms with E-state index in [4.69, 9.17) is 9.47 Å². The zero-order valence-corrected chi connectivity index (χ0v) is 27.3. The maximum atomic E-state index is 14.1. The second kappa shape index (κ2) is 8.54. The number of H-pyrrole nitrogens is 1. The second-order valence-electron chi connectivity index (χ2n) is 17.4. The number of Topliss-reactive ketones (excluding diaryl/α,β-unsaturated/α-hetero) is 1. The molecule has 10 atom stereocenters. The van der Waals surface area contributed by atoms with Crippen LogP contribution in [0.15, 0.2) is 12.1 Å². The first-order chi connectivity index (χ1) is 20.0. The summed E-state index contributed by atoms with van der Waals surface area (Å²) < 4.78 is 13.1. The van der Waals surface area contributed by atoms with Crippen molar-refractivity contribution in [2.75, 3.05) is 0 Å². The highest BCUT2D eigenvalue weighted by atomic mass is 16.5. The summed E-state index contributed by atoms with van der Waals surface area (Å²) in [5.41, 5.74) is 4.30. The predicted molar refractivity (Wildman–Crippen MR) is 166 cm³/mol. The van der Waals surface area contributed by atoms with Gasteiger partial charge in [0.15, 0.2) is 5.78 Å². The average molecular weight is 590 g/mol. The van der Waals surface area contributed by atoms with Crippen LogP contribution in [0.25, 0.3) is 10.9 Å². The van der Waals surface area contributed by atoms with Gasteiger partial charge in [-0.2, -0.15) is 0 Å². The molecule has 234 valence electrons. The molecule has 43 heavy (non-hydrogen) atoms. The Bertz CT molecular complexity index is 1530. The fourth-order valence-corrected chi connectivity index (χ4v) is 12.1. The van der Waals surface area contributed by atoms with Gasteiger partial charge >= 0.3 is 0 Å². The molecule has 4 fully saturated rings. The van der Waals surface area contributed by atoms with E-state index >= 15 is 0 Å². The summed E-state index contributed by atoms with van der Waals surface area (Å²) in [6.07, 6.45) is 5.82. The lowest BCUT2D eigenvalue weighted by atomic mass is 9.43.